The fourth-order valence-electron chi connectivity index (χ4n) is 4.90. The van der Waals surface area contributed by atoms with Crippen molar-refractivity contribution in [2.75, 3.05) is 38.6 Å². The van der Waals surface area contributed by atoms with Crippen LogP contribution in [0.15, 0.2) is 47.4 Å². The molecule has 4 rings (SSSR count). The number of aryl methyl sites for hydroxylation is 1. The zero-order valence-electron chi connectivity index (χ0n) is 21.4. The Morgan fingerprint density at radius 3 is 2.27 bits per heavy atom. The zero-order chi connectivity index (χ0) is 26.6. The van der Waals surface area contributed by atoms with E-state index in [9.17, 15) is 21.6 Å². The minimum atomic E-state index is -3.76. The Labute approximate surface area is 219 Å². The highest BCUT2D eigenvalue weighted by Crippen LogP contribution is 2.32. The number of hydrogen-bond acceptors (Lipinski definition) is 6. The van der Waals surface area contributed by atoms with Crippen LogP contribution in [0.1, 0.15) is 43.2 Å². The van der Waals surface area contributed by atoms with E-state index in [0.717, 1.165) is 30.4 Å². The van der Waals surface area contributed by atoms with Crippen LogP contribution in [-0.2, 0) is 30.6 Å². The molecule has 37 heavy (non-hydrogen) atoms. The lowest BCUT2D eigenvalue weighted by Crippen LogP contribution is -2.42. The zero-order valence-corrected chi connectivity index (χ0v) is 23.0. The summed E-state index contributed by atoms with van der Waals surface area (Å²) in [6, 6.07) is 12.0. The maximum Gasteiger partial charge on any atom is 0.246 e. The van der Waals surface area contributed by atoms with E-state index in [1.54, 1.807) is 12.1 Å². The van der Waals surface area contributed by atoms with Gasteiger partial charge in [-0.3, -0.25) is 4.79 Å². The number of nitrogens with one attached hydrogen (secondary N) is 1. The van der Waals surface area contributed by atoms with Crippen LogP contribution in [0.3, 0.4) is 0 Å². The van der Waals surface area contributed by atoms with Crippen LogP contribution in [0.2, 0.25) is 0 Å². The van der Waals surface area contributed by atoms with Gasteiger partial charge < -0.3 is 10.1 Å². The van der Waals surface area contributed by atoms with E-state index in [-0.39, 0.29) is 41.3 Å². The van der Waals surface area contributed by atoms with Gasteiger partial charge in [0, 0.05) is 37.8 Å². The van der Waals surface area contributed by atoms with Gasteiger partial charge in [-0.25, -0.2) is 21.1 Å². The molecule has 0 bridgehead atoms. The van der Waals surface area contributed by atoms with E-state index < -0.39 is 20.0 Å². The summed E-state index contributed by atoms with van der Waals surface area (Å²) in [5, 5.41) is 2.83. The Hall–Kier alpha value is -2.47. The molecule has 0 saturated carbocycles. The molecule has 2 aliphatic heterocycles. The molecule has 202 valence electrons. The predicted molar refractivity (Wildman–Crippen MR) is 142 cm³/mol. The number of hydrogen-bond donors (Lipinski definition) is 1. The third-order valence-electron chi connectivity index (χ3n) is 7.18. The lowest BCUT2D eigenvalue weighted by Gasteiger charge is -2.31. The average Bonchev–Trinajstić information content (AvgIpc) is 2.90. The van der Waals surface area contributed by atoms with Crippen molar-refractivity contribution in [3.8, 4) is 5.75 Å². The molecule has 2 saturated heterocycles. The van der Waals surface area contributed by atoms with Gasteiger partial charge in [-0.2, -0.15) is 4.31 Å². The molecule has 0 radical (unpaired) electrons. The number of benzene rings is 2. The molecule has 2 fully saturated rings. The molecule has 2 aliphatic rings. The first-order valence-corrected chi connectivity index (χ1v) is 15.7. The second-order valence-corrected chi connectivity index (χ2v) is 13.6. The minimum absolute atomic E-state index is 0.0341. The fraction of sp³-hybridized carbons (Fsp3) is 0.500. The first kappa shape index (κ1) is 27.6. The Balaban J connectivity index is 1.40. The standard InChI is InChI=1S/C26H35N3O6S2/c1-20-8-4-5-9-22(20)19-36(31,32)28-16-12-21(13-17-28)26(30)27-23-10-11-24(35-2)25(18-23)37(33,34)29-14-6-3-7-15-29/h4-5,8-11,18,21H,3,6-7,12-17,19H2,1-2H3,(H,27,30). The number of methoxy groups -OCH3 is 1. The Bertz CT molecular complexity index is 1330. The number of piperidine rings is 2. The first-order chi connectivity index (χ1) is 17.6. The molecule has 2 aromatic rings. The third kappa shape index (κ3) is 6.34. The maximum absolute atomic E-state index is 13.3. The largest absolute Gasteiger partial charge is 0.495 e. The van der Waals surface area contributed by atoms with Gasteiger partial charge >= 0.3 is 0 Å². The summed E-state index contributed by atoms with van der Waals surface area (Å²) < 4.78 is 60.7. The number of sulfonamides is 2. The average molecular weight is 550 g/mol. The number of nitrogens with zero attached hydrogens (tertiary/aromatic N) is 2. The van der Waals surface area contributed by atoms with Gasteiger partial charge in [-0.15, -0.1) is 0 Å². The number of carbonyl (C=O) groups excluding carboxylic acids is 1. The molecular weight excluding hydrogens is 514 g/mol. The first-order valence-electron chi connectivity index (χ1n) is 12.6. The van der Waals surface area contributed by atoms with Crippen LogP contribution in [-0.4, -0.2) is 64.6 Å². The molecule has 1 amide bonds. The number of amides is 1. The smallest absolute Gasteiger partial charge is 0.246 e. The van der Waals surface area contributed by atoms with Crippen LogP contribution in [0.5, 0.6) is 5.75 Å². The Morgan fingerprint density at radius 2 is 1.62 bits per heavy atom. The second-order valence-electron chi connectivity index (χ2n) is 9.68. The van der Waals surface area contributed by atoms with Gasteiger partial charge in [-0.05, 0) is 61.9 Å². The predicted octanol–water partition coefficient (Wildman–Crippen LogP) is 3.36. The minimum Gasteiger partial charge on any atom is -0.495 e. The van der Waals surface area contributed by atoms with Crippen LogP contribution in [0.25, 0.3) is 0 Å². The number of rotatable bonds is 8. The fourth-order valence-corrected chi connectivity index (χ4v) is 8.27. The number of ether oxygens (including phenoxy) is 1. The third-order valence-corrected chi connectivity index (χ3v) is 10.9. The Morgan fingerprint density at radius 1 is 0.946 bits per heavy atom. The SMILES string of the molecule is COc1ccc(NC(=O)C2CCN(S(=O)(=O)Cc3ccccc3C)CC2)cc1S(=O)(=O)N1CCCCC1. The lowest BCUT2D eigenvalue weighted by atomic mass is 9.97. The maximum atomic E-state index is 13.3. The highest BCUT2D eigenvalue weighted by Gasteiger charge is 2.32. The summed E-state index contributed by atoms with van der Waals surface area (Å²) in [4.78, 5) is 13.0. The molecule has 0 spiro atoms. The molecule has 0 aliphatic carbocycles. The summed E-state index contributed by atoms with van der Waals surface area (Å²) in [5.74, 6) is -0.441. The number of anilines is 1. The molecule has 0 atom stereocenters. The normalized spacial score (nSPS) is 18.4. The quantitative estimate of drug-likeness (QED) is 0.540. The summed E-state index contributed by atoms with van der Waals surface area (Å²) in [6.07, 6.45) is 3.43. The Kier molecular flexibility index (Phi) is 8.57. The van der Waals surface area contributed by atoms with Gasteiger partial charge in [0.15, 0.2) is 0 Å². The molecular formula is C26H35N3O6S2. The van der Waals surface area contributed by atoms with Crippen molar-refractivity contribution >= 4 is 31.6 Å². The summed E-state index contributed by atoms with van der Waals surface area (Å²) in [5.41, 5.74) is 2.08. The molecule has 0 unspecified atom stereocenters. The van der Waals surface area contributed by atoms with Crippen molar-refractivity contribution in [1.29, 1.82) is 0 Å². The van der Waals surface area contributed by atoms with Gasteiger partial charge in [0.2, 0.25) is 26.0 Å². The molecule has 9 nitrogen and oxygen atoms in total. The van der Waals surface area contributed by atoms with Crippen molar-refractivity contribution in [2.24, 2.45) is 5.92 Å². The lowest BCUT2D eigenvalue weighted by molar-refractivity contribution is -0.120. The van der Waals surface area contributed by atoms with Gasteiger partial charge in [-0.1, -0.05) is 30.7 Å². The van der Waals surface area contributed by atoms with Crippen LogP contribution in [0.4, 0.5) is 5.69 Å². The van der Waals surface area contributed by atoms with Crippen molar-refractivity contribution < 1.29 is 26.4 Å². The van der Waals surface area contributed by atoms with E-state index in [1.165, 1.54) is 21.8 Å². The van der Waals surface area contributed by atoms with Crippen molar-refractivity contribution in [1.82, 2.24) is 8.61 Å². The van der Waals surface area contributed by atoms with Crippen molar-refractivity contribution in [3.05, 3.63) is 53.6 Å². The topological polar surface area (TPSA) is 113 Å². The van der Waals surface area contributed by atoms with E-state index in [2.05, 4.69) is 5.32 Å². The molecule has 2 aromatic carbocycles. The molecule has 11 heteroatoms. The highest BCUT2D eigenvalue weighted by atomic mass is 32.2. The monoisotopic (exact) mass is 549 g/mol. The van der Waals surface area contributed by atoms with E-state index in [4.69, 9.17) is 4.74 Å². The van der Waals surface area contributed by atoms with Crippen molar-refractivity contribution in [2.45, 2.75) is 49.7 Å². The highest BCUT2D eigenvalue weighted by molar-refractivity contribution is 7.89. The molecule has 2 heterocycles. The van der Waals surface area contributed by atoms with E-state index >= 15 is 0 Å². The van der Waals surface area contributed by atoms with Crippen LogP contribution in [0, 0.1) is 12.8 Å². The second kappa shape index (κ2) is 11.5. The van der Waals surface area contributed by atoms with Crippen LogP contribution < -0.4 is 10.1 Å². The van der Waals surface area contributed by atoms with Gasteiger partial charge in [0.05, 0.1) is 12.9 Å². The van der Waals surface area contributed by atoms with E-state index in [1.807, 2.05) is 31.2 Å². The number of carbonyl (C=O) groups is 1. The van der Waals surface area contributed by atoms with Gasteiger partial charge in [0.25, 0.3) is 0 Å². The van der Waals surface area contributed by atoms with Crippen LogP contribution >= 0.6 is 0 Å². The van der Waals surface area contributed by atoms with Crippen molar-refractivity contribution in [3.63, 3.8) is 0 Å². The summed E-state index contributed by atoms with van der Waals surface area (Å²) in [6.45, 7) is 3.36. The summed E-state index contributed by atoms with van der Waals surface area (Å²) >= 11 is 0. The summed E-state index contributed by atoms with van der Waals surface area (Å²) in [7, 11) is -5.83. The van der Waals surface area contributed by atoms with E-state index in [0.29, 0.717) is 31.6 Å². The molecule has 0 aromatic heterocycles. The van der Waals surface area contributed by atoms with Gasteiger partial charge in [0.1, 0.15) is 10.6 Å². The molecule has 1 N–H and O–H groups in total.